The summed E-state index contributed by atoms with van der Waals surface area (Å²) < 4.78 is 2.12. The number of likely N-dealkylation sites (tertiary alicyclic amines) is 1. The fourth-order valence-corrected chi connectivity index (χ4v) is 3.59. The summed E-state index contributed by atoms with van der Waals surface area (Å²) in [5, 5.41) is 8.87. The van der Waals surface area contributed by atoms with Crippen LogP contribution >= 0.6 is 0 Å². The molecular formula is C20H22N4. The third-order valence-corrected chi connectivity index (χ3v) is 4.89. The van der Waals surface area contributed by atoms with Crippen molar-refractivity contribution in [3.63, 3.8) is 0 Å². The van der Waals surface area contributed by atoms with Crippen molar-refractivity contribution in [2.45, 2.75) is 25.4 Å². The van der Waals surface area contributed by atoms with Crippen molar-refractivity contribution in [2.75, 3.05) is 6.54 Å². The van der Waals surface area contributed by atoms with Gasteiger partial charge in [0.05, 0.1) is 6.54 Å². The van der Waals surface area contributed by atoms with Crippen LogP contribution in [0, 0.1) is 0 Å². The van der Waals surface area contributed by atoms with Crippen molar-refractivity contribution in [1.29, 1.82) is 0 Å². The maximum atomic E-state index is 4.46. The SMILES string of the molecule is Cn1c(CN2CCC[C@@H]2c2ccccc2)nnc1-c1ccccc1. The highest BCUT2D eigenvalue weighted by Crippen LogP contribution is 2.33. The smallest absolute Gasteiger partial charge is 0.163 e. The molecule has 122 valence electrons. The van der Waals surface area contributed by atoms with Gasteiger partial charge in [0.15, 0.2) is 5.82 Å². The molecule has 1 fully saturated rings. The van der Waals surface area contributed by atoms with Crippen LogP contribution in [-0.2, 0) is 13.6 Å². The van der Waals surface area contributed by atoms with E-state index in [-0.39, 0.29) is 0 Å². The van der Waals surface area contributed by atoms with E-state index in [0.29, 0.717) is 6.04 Å². The lowest BCUT2D eigenvalue weighted by atomic mass is 10.0. The van der Waals surface area contributed by atoms with E-state index in [0.717, 1.165) is 30.3 Å². The van der Waals surface area contributed by atoms with Gasteiger partial charge >= 0.3 is 0 Å². The van der Waals surface area contributed by atoms with E-state index in [1.807, 2.05) is 18.2 Å². The summed E-state index contributed by atoms with van der Waals surface area (Å²) in [6, 6.07) is 21.5. The molecule has 1 saturated heterocycles. The van der Waals surface area contributed by atoms with Crippen molar-refractivity contribution in [3.8, 4) is 11.4 Å². The van der Waals surface area contributed by atoms with E-state index in [9.17, 15) is 0 Å². The minimum Gasteiger partial charge on any atom is -0.313 e. The van der Waals surface area contributed by atoms with Gasteiger partial charge in [0.1, 0.15) is 5.82 Å². The van der Waals surface area contributed by atoms with Crippen molar-refractivity contribution in [1.82, 2.24) is 19.7 Å². The lowest BCUT2D eigenvalue weighted by molar-refractivity contribution is 0.239. The van der Waals surface area contributed by atoms with Crippen molar-refractivity contribution < 1.29 is 0 Å². The fourth-order valence-electron chi connectivity index (χ4n) is 3.59. The highest BCUT2D eigenvalue weighted by Gasteiger charge is 2.27. The summed E-state index contributed by atoms with van der Waals surface area (Å²) in [6.45, 7) is 1.96. The summed E-state index contributed by atoms with van der Waals surface area (Å²) in [6.07, 6.45) is 2.45. The second-order valence-electron chi connectivity index (χ2n) is 6.40. The topological polar surface area (TPSA) is 34.0 Å². The van der Waals surface area contributed by atoms with Gasteiger partial charge in [0.25, 0.3) is 0 Å². The van der Waals surface area contributed by atoms with Gasteiger partial charge in [0.2, 0.25) is 0 Å². The van der Waals surface area contributed by atoms with Crippen LogP contribution in [0.3, 0.4) is 0 Å². The summed E-state index contributed by atoms with van der Waals surface area (Å²) in [5.74, 6) is 1.96. The molecular weight excluding hydrogens is 296 g/mol. The van der Waals surface area contributed by atoms with Gasteiger partial charge in [0, 0.05) is 18.7 Å². The first-order chi connectivity index (χ1) is 11.8. The fraction of sp³-hybridized carbons (Fsp3) is 0.300. The molecule has 1 aliphatic heterocycles. The zero-order valence-corrected chi connectivity index (χ0v) is 14.0. The van der Waals surface area contributed by atoms with Gasteiger partial charge in [-0.25, -0.2) is 0 Å². The van der Waals surface area contributed by atoms with Crippen molar-refractivity contribution in [3.05, 3.63) is 72.1 Å². The Morgan fingerprint density at radius 3 is 2.42 bits per heavy atom. The van der Waals surface area contributed by atoms with Crippen LogP contribution in [0.5, 0.6) is 0 Å². The van der Waals surface area contributed by atoms with E-state index in [2.05, 4.69) is 69.2 Å². The van der Waals surface area contributed by atoms with Crippen LogP contribution in [0.1, 0.15) is 30.3 Å². The normalized spacial score (nSPS) is 18.1. The van der Waals surface area contributed by atoms with Crippen LogP contribution in [0.15, 0.2) is 60.7 Å². The lowest BCUT2D eigenvalue weighted by Gasteiger charge is -2.24. The van der Waals surface area contributed by atoms with Crippen molar-refractivity contribution in [2.24, 2.45) is 7.05 Å². The van der Waals surface area contributed by atoms with E-state index >= 15 is 0 Å². The van der Waals surface area contributed by atoms with Crippen molar-refractivity contribution >= 4 is 0 Å². The molecule has 1 aromatic heterocycles. The van der Waals surface area contributed by atoms with Crippen LogP contribution in [0.4, 0.5) is 0 Å². The maximum Gasteiger partial charge on any atom is 0.163 e. The third-order valence-electron chi connectivity index (χ3n) is 4.89. The predicted molar refractivity (Wildman–Crippen MR) is 95.3 cm³/mol. The molecule has 1 aliphatic rings. The first-order valence-corrected chi connectivity index (χ1v) is 8.55. The van der Waals surface area contributed by atoms with E-state index in [1.54, 1.807) is 0 Å². The zero-order chi connectivity index (χ0) is 16.4. The Morgan fingerprint density at radius 2 is 1.67 bits per heavy atom. The molecule has 4 heteroatoms. The van der Waals surface area contributed by atoms with Crippen LogP contribution in [0.25, 0.3) is 11.4 Å². The molecule has 0 unspecified atom stereocenters. The lowest BCUT2D eigenvalue weighted by Crippen LogP contribution is -2.24. The van der Waals surface area contributed by atoms with Gasteiger partial charge < -0.3 is 4.57 Å². The van der Waals surface area contributed by atoms with E-state index in [1.165, 1.54) is 18.4 Å². The highest BCUT2D eigenvalue weighted by molar-refractivity contribution is 5.54. The standard InChI is InChI=1S/C20H22N4/c1-23-19(21-22-20(23)17-11-6-3-7-12-17)15-24-14-8-13-18(24)16-9-4-2-5-10-16/h2-7,9-12,18H,8,13-15H2,1H3/t18-/m1/s1. The molecule has 0 spiro atoms. The largest absolute Gasteiger partial charge is 0.313 e. The van der Waals surface area contributed by atoms with Gasteiger partial charge in [-0.05, 0) is 24.9 Å². The quantitative estimate of drug-likeness (QED) is 0.733. The molecule has 0 bridgehead atoms. The summed E-state index contributed by atoms with van der Waals surface area (Å²) in [5.41, 5.74) is 2.51. The minimum atomic E-state index is 0.489. The summed E-state index contributed by atoms with van der Waals surface area (Å²) in [4.78, 5) is 2.52. The number of aromatic nitrogens is 3. The summed E-state index contributed by atoms with van der Waals surface area (Å²) in [7, 11) is 2.06. The molecule has 24 heavy (non-hydrogen) atoms. The molecule has 0 N–H and O–H groups in total. The van der Waals surface area contributed by atoms with Gasteiger partial charge in [-0.15, -0.1) is 10.2 Å². The van der Waals surface area contributed by atoms with Crippen LogP contribution in [-0.4, -0.2) is 26.2 Å². The average molecular weight is 318 g/mol. The first-order valence-electron chi connectivity index (χ1n) is 8.55. The van der Waals surface area contributed by atoms with Gasteiger partial charge in [-0.1, -0.05) is 60.7 Å². The molecule has 3 aromatic rings. The molecule has 2 heterocycles. The molecule has 0 amide bonds. The van der Waals surface area contributed by atoms with Gasteiger partial charge in [-0.2, -0.15) is 0 Å². The predicted octanol–water partition coefficient (Wildman–Crippen LogP) is 3.82. The Hall–Kier alpha value is -2.46. The second kappa shape index (κ2) is 6.57. The minimum absolute atomic E-state index is 0.489. The van der Waals surface area contributed by atoms with E-state index < -0.39 is 0 Å². The average Bonchev–Trinajstić information content (AvgIpc) is 3.24. The number of hydrogen-bond donors (Lipinski definition) is 0. The number of nitrogens with zero attached hydrogens (tertiary/aromatic N) is 4. The number of rotatable bonds is 4. The Labute approximate surface area is 142 Å². The van der Waals surface area contributed by atoms with Crippen LogP contribution < -0.4 is 0 Å². The number of benzene rings is 2. The molecule has 0 radical (unpaired) electrons. The first kappa shape index (κ1) is 15.1. The highest BCUT2D eigenvalue weighted by atomic mass is 15.3. The molecule has 0 aliphatic carbocycles. The Bertz CT molecular complexity index is 795. The Morgan fingerprint density at radius 1 is 0.958 bits per heavy atom. The second-order valence-corrected chi connectivity index (χ2v) is 6.40. The number of hydrogen-bond acceptors (Lipinski definition) is 3. The molecule has 0 saturated carbocycles. The maximum absolute atomic E-state index is 4.46. The Balaban J connectivity index is 1.56. The van der Waals surface area contributed by atoms with E-state index in [4.69, 9.17) is 0 Å². The van der Waals surface area contributed by atoms with Gasteiger partial charge in [-0.3, -0.25) is 4.90 Å². The Kier molecular flexibility index (Phi) is 4.13. The summed E-state index contributed by atoms with van der Waals surface area (Å²) >= 11 is 0. The molecule has 2 aromatic carbocycles. The molecule has 4 rings (SSSR count). The van der Waals surface area contributed by atoms with Crippen LogP contribution in [0.2, 0.25) is 0 Å². The zero-order valence-electron chi connectivity index (χ0n) is 14.0. The molecule has 1 atom stereocenters. The molecule has 4 nitrogen and oxygen atoms in total. The monoisotopic (exact) mass is 318 g/mol. The third kappa shape index (κ3) is 2.85.